The smallest absolute Gasteiger partial charge is 0.274 e. The van der Waals surface area contributed by atoms with E-state index >= 15 is 0 Å². The number of fused-ring (bicyclic) bond motifs is 1. The molecule has 7 nitrogen and oxygen atoms in total. The van der Waals surface area contributed by atoms with E-state index in [2.05, 4.69) is 57.8 Å². The van der Waals surface area contributed by atoms with Crippen LogP contribution in [0.15, 0.2) is 19.8 Å². The van der Waals surface area contributed by atoms with Crippen molar-refractivity contribution in [2.45, 2.75) is 13.3 Å². The highest BCUT2D eigenvalue weighted by molar-refractivity contribution is 9.13. The van der Waals surface area contributed by atoms with Crippen LogP contribution in [-0.4, -0.2) is 35.8 Å². The van der Waals surface area contributed by atoms with Gasteiger partial charge in [0.15, 0.2) is 0 Å². The zero-order valence-corrected chi connectivity index (χ0v) is 14.8. The quantitative estimate of drug-likeness (QED) is 0.508. The Morgan fingerprint density at radius 2 is 1.95 bits per heavy atom. The Hall–Kier alpha value is -1.61. The summed E-state index contributed by atoms with van der Waals surface area (Å²) in [6.45, 7) is 2.91. The molecule has 0 spiro atoms. The van der Waals surface area contributed by atoms with E-state index in [-0.39, 0.29) is 11.8 Å². The van der Waals surface area contributed by atoms with E-state index in [1.54, 1.807) is 0 Å². The predicted molar refractivity (Wildman–Crippen MR) is 89.3 cm³/mol. The maximum Gasteiger partial charge on any atom is 0.274 e. The van der Waals surface area contributed by atoms with Gasteiger partial charge in [0, 0.05) is 18.7 Å². The molecule has 1 aromatic heterocycles. The Bertz CT molecular complexity index is 735. The predicted octanol–water partition coefficient (Wildman–Crippen LogP) is 1.48. The normalized spacial score (nSPS) is 23.0. The molecule has 116 valence electrons. The van der Waals surface area contributed by atoms with Crippen LogP contribution in [-0.2, 0) is 4.79 Å². The van der Waals surface area contributed by atoms with Crippen LogP contribution < -0.4 is 16.0 Å². The van der Waals surface area contributed by atoms with Crippen LogP contribution >= 0.6 is 31.9 Å². The first-order valence-corrected chi connectivity index (χ1v) is 8.33. The van der Waals surface area contributed by atoms with Crippen LogP contribution in [0, 0.1) is 0 Å². The molecule has 3 rings (SSSR count). The number of hydrogen-bond acceptors (Lipinski definition) is 3. The van der Waals surface area contributed by atoms with Gasteiger partial charge in [0.2, 0.25) is 5.96 Å². The molecule has 1 fully saturated rings. The number of amides is 2. The van der Waals surface area contributed by atoms with Crippen molar-refractivity contribution in [3.05, 3.63) is 26.0 Å². The van der Waals surface area contributed by atoms with Gasteiger partial charge in [0.25, 0.3) is 11.8 Å². The Morgan fingerprint density at radius 1 is 1.18 bits per heavy atom. The van der Waals surface area contributed by atoms with E-state index in [0.29, 0.717) is 47.0 Å². The first-order valence-electron chi connectivity index (χ1n) is 6.74. The molecule has 1 aromatic rings. The Balaban J connectivity index is 2.17. The molecule has 2 amide bonds. The lowest BCUT2D eigenvalue weighted by Crippen LogP contribution is -2.25. The zero-order chi connectivity index (χ0) is 15.9. The average molecular weight is 431 g/mol. The van der Waals surface area contributed by atoms with Gasteiger partial charge in [-0.2, -0.15) is 0 Å². The number of nitrogens with zero attached hydrogens (tertiary/aromatic N) is 1. The maximum absolute atomic E-state index is 12.2. The fourth-order valence-electron chi connectivity index (χ4n) is 2.49. The van der Waals surface area contributed by atoms with E-state index in [1.165, 1.54) is 0 Å². The third kappa shape index (κ3) is 2.48. The topological polar surface area (TPSA) is 98.4 Å². The van der Waals surface area contributed by atoms with Crippen molar-refractivity contribution in [1.82, 2.24) is 20.9 Å². The number of guanidine groups is 1. The number of nitrogens with one attached hydrogen (secondary N) is 4. The number of aliphatic imine (C=N–C) groups is 1. The number of carbonyl (C=O) groups excluding carboxylic acids is 2. The highest BCUT2D eigenvalue weighted by Crippen LogP contribution is 2.38. The van der Waals surface area contributed by atoms with Crippen LogP contribution in [0.25, 0.3) is 5.57 Å². The third-order valence-electron chi connectivity index (χ3n) is 3.41. The monoisotopic (exact) mass is 429 g/mol. The van der Waals surface area contributed by atoms with Crippen LogP contribution in [0.2, 0.25) is 0 Å². The molecular weight excluding hydrogens is 418 g/mol. The van der Waals surface area contributed by atoms with Gasteiger partial charge in [0.05, 0.1) is 9.08 Å². The minimum atomic E-state index is -0.244. The minimum absolute atomic E-state index is 0.196. The number of halogens is 2. The van der Waals surface area contributed by atoms with Gasteiger partial charge in [-0.15, -0.1) is 0 Å². The Morgan fingerprint density at radius 3 is 2.68 bits per heavy atom. The number of carbonyl (C=O) groups is 2. The van der Waals surface area contributed by atoms with E-state index in [4.69, 9.17) is 0 Å². The van der Waals surface area contributed by atoms with Crippen LogP contribution in [0.4, 0.5) is 0 Å². The van der Waals surface area contributed by atoms with Crippen LogP contribution in [0.1, 0.15) is 29.4 Å². The molecule has 4 N–H and O–H groups in total. The second-order valence-corrected chi connectivity index (χ2v) is 6.35. The van der Waals surface area contributed by atoms with E-state index < -0.39 is 0 Å². The lowest BCUT2D eigenvalue weighted by Gasteiger charge is -2.08. The van der Waals surface area contributed by atoms with E-state index in [0.717, 1.165) is 10.0 Å². The zero-order valence-electron chi connectivity index (χ0n) is 11.6. The Kier molecular flexibility index (Phi) is 4.09. The number of aromatic nitrogens is 1. The summed E-state index contributed by atoms with van der Waals surface area (Å²) in [6, 6.07) is 0. The summed E-state index contributed by atoms with van der Waals surface area (Å²) in [5.41, 5.74) is 2.31. The van der Waals surface area contributed by atoms with Crippen LogP contribution in [0.5, 0.6) is 0 Å². The molecule has 0 unspecified atom stereocenters. The first-order chi connectivity index (χ1) is 10.5. The standard InChI is InChI=1S/C13H13Br2N5O2/c1-2-16-13-19-8(12(22)20-13)5-3-4-17-11(21)9-6(5)7(14)10(15)18-9/h18H,2-4H2,1H3,(H,17,21)(H2,16,19,20,22)/b8-5-. The summed E-state index contributed by atoms with van der Waals surface area (Å²) in [6.07, 6.45) is 0.538. The first kappa shape index (κ1) is 15.3. The molecule has 0 atom stereocenters. The van der Waals surface area contributed by atoms with Gasteiger partial charge >= 0.3 is 0 Å². The van der Waals surface area contributed by atoms with Crippen molar-refractivity contribution in [3.63, 3.8) is 0 Å². The second kappa shape index (κ2) is 5.88. The summed E-state index contributed by atoms with van der Waals surface area (Å²) in [7, 11) is 0. The van der Waals surface area contributed by atoms with Gasteiger partial charge < -0.3 is 15.6 Å². The fraction of sp³-hybridized carbons (Fsp3) is 0.308. The lowest BCUT2D eigenvalue weighted by molar-refractivity contribution is -0.115. The molecule has 1 saturated heterocycles. The van der Waals surface area contributed by atoms with Crippen molar-refractivity contribution in [3.8, 4) is 0 Å². The largest absolute Gasteiger partial charge is 0.350 e. The van der Waals surface area contributed by atoms with Gasteiger partial charge in [-0.1, -0.05) is 0 Å². The molecule has 0 aromatic carbocycles. The summed E-state index contributed by atoms with van der Waals surface area (Å²) >= 11 is 6.84. The van der Waals surface area contributed by atoms with Crippen molar-refractivity contribution >= 4 is 55.2 Å². The molecule has 0 aliphatic carbocycles. The molecule has 0 radical (unpaired) electrons. The van der Waals surface area contributed by atoms with Gasteiger partial charge in [-0.05, 0) is 50.8 Å². The van der Waals surface area contributed by atoms with Gasteiger partial charge in [0.1, 0.15) is 11.4 Å². The highest BCUT2D eigenvalue weighted by Gasteiger charge is 2.32. The molecular formula is C13H13Br2N5O2. The number of hydrogen-bond donors (Lipinski definition) is 4. The summed E-state index contributed by atoms with van der Waals surface area (Å²) in [5, 5.41) is 8.51. The van der Waals surface area contributed by atoms with Crippen molar-refractivity contribution in [2.24, 2.45) is 4.99 Å². The van der Waals surface area contributed by atoms with Crippen molar-refractivity contribution < 1.29 is 9.59 Å². The van der Waals surface area contributed by atoms with Crippen LogP contribution in [0.3, 0.4) is 0 Å². The van der Waals surface area contributed by atoms with Gasteiger partial charge in [-0.25, -0.2) is 0 Å². The lowest BCUT2D eigenvalue weighted by atomic mass is 10.0. The number of rotatable bonds is 1. The number of aromatic amines is 1. The number of H-pyrrole nitrogens is 1. The molecule has 22 heavy (non-hydrogen) atoms. The van der Waals surface area contributed by atoms with E-state index in [1.807, 2.05) is 6.92 Å². The molecule has 3 heterocycles. The van der Waals surface area contributed by atoms with Crippen molar-refractivity contribution in [2.75, 3.05) is 13.1 Å². The maximum atomic E-state index is 12.2. The SMILES string of the molecule is CCN=C1NC(=O)/C(=C2\CCNC(=O)c3[nH]c(Br)c(Br)c32)N1. The molecule has 9 heteroatoms. The van der Waals surface area contributed by atoms with E-state index in [9.17, 15) is 9.59 Å². The fourth-order valence-corrected chi connectivity index (χ4v) is 3.42. The summed E-state index contributed by atoms with van der Waals surface area (Å²) < 4.78 is 1.38. The molecule has 0 bridgehead atoms. The van der Waals surface area contributed by atoms with Crippen molar-refractivity contribution in [1.29, 1.82) is 0 Å². The molecule has 0 saturated carbocycles. The Labute approximate surface area is 143 Å². The van der Waals surface area contributed by atoms with Gasteiger partial charge in [-0.3, -0.25) is 19.9 Å². The second-order valence-electron chi connectivity index (χ2n) is 4.76. The third-order valence-corrected chi connectivity index (χ3v) is 5.33. The summed E-state index contributed by atoms with van der Waals surface area (Å²) in [5.74, 6) is -0.00428. The minimum Gasteiger partial charge on any atom is -0.350 e. The molecule has 2 aliphatic rings. The highest BCUT2D eigenvalue weighted by atomic mass is 79.9. The average Bonchev–Trinajstić information content (AvgIpc) is 2.92. The molecule has 2 aliphatic heterocycles. The summed E-state index contributed by atoms with van der Waals surface area (Å²) in [4.78, 5) is 31.5.